The molecule has 1 amide bonds. The maximum atomic E-state index is 12.5. The summed E-state index contributed by atoms with van der Waals surface area (Å²) >= 11 is 0. The van der Waals surface area contributed by atoms with E-state index >= 15 is 0 Å². The fraction of sp³-hybridized carbons (Fsp3) is 0.471. The van der Waals surface area contributed by atoms with Crippen molar-refractivity contribution in [3.8, 4) is 11.5 Å². The highest BCUT2D eigenvalue weighted by atomic mass is 16.5. The Morgan fingerprint density at radius 3 is 2.92 bits per heavy atom. The minimum absolute atomic E-state index is 0.162. The summed E-state index contributed by atoms with van der Waals surface area (Å²) in [6.07, 6.45) is 5.55. The van der Waals surface area contributed by atoms with Crippen LogP contribution in [-0.4, -0.2) is 53.1 Å². The van der Waals surface area contributed by atoms with Gasteiger partial charge in [-0.15, -0.1) is 5.10 Å². The van der Waals surface area contributed by atoms with E-state index in [1.165, 1.54) is 0 Å². The first kappa shape index (κ1) is 16.3. The molecule has 7 heteroatoms. The van der Waals surface area contributed by atoms with Crippen molar-refractivity contribution in [2.24, 2.45) is 0 Å². The zero-order chi connectivity index (χ0) is 16.9. The lowest BCUT2D eigenvalue weighted by Crippen LogP contribution is -2.29. The second-order valence-electron chi connectivity index (χ2n) is 5.84. The first-order valence-corrected chi connectivity index (χ1v) is 8.05. The molecule has 0 aliphatic carbocycles. The fourth-order valence-electron chi connectivity index (χ4n) is 3.05. The molecule has 24 heavy (non-hydrogen) atoms. The first-order valence-electron chi connectivity index (χ1n) is 8.05. The van der Waals surface area contributed by atoms with E-state index in [2.05, 4.69) is 10.3 Å². The Morgan fingerprint density at radius 2 is 2.21 bits per heavy atom. The van der Waals surface area contributed by atoms with Crippen molar-refractivity contribution >= 4 is 5.91 Å². The van der Waals surface area contributed by atoms with Gasteiger partial charge in [0.15, 0.2) is 0 Å². The third-order valence-electron chi connectivity index (χ3n) is 4.43. The van der Waals surface area contributed by atoms with Gasteiger partial charge in [-0.1, -0.05) is 11.3 Å². The van der Waals surface area contributed by atoms with Crippen LogP contribution in [0.25, 0.3) is 0 Å². The molecular weight excluding hydrogens is 308 g/mol. The minimum atomic E-state index is 0.162. The molecule has 0 radical (unpaired) electrons. The summed E-state index contributed by atoms with van der Waals surface area (Å²) in [6, 6.07) is 5.91. The lowest BCUT2D eigenvalue weighted by molar-refractivity contribution is -0.130. The van der Waals surface area contributed by atoms with Crippen molar-refractivity contribution in [1.29, 1.82) is 0 Å². The minimum Gasteiger partial charge on any atom is -0.497 e. The van der Waals surface area contributed by atoms with Gasteiger partial charge >= 0.3 is 0 Å². The molecule has 1 aromatic carbocycles. The number of hydrogen-bond donors (Lipinski definition) is 0. The Balaban J connectivity index is 1.56. The van der Waals surface area contributed by atoms with Gasteiger partial charge in [0.05, 0.1) is 26.5 Å². The molecule has 0 N–H and O–H groups in total. The Morgan fingerprint density at radius 1 is 1.33 bits per heavy atom. The molecule has 1 fully saturated rings. The summed E-state index contributed by atoms with van der Waals surface area (Å²) in [5.74, 6) is 1.66. The predicted octanol–water partition coefficient (Wildman–Crippen LogP) is 1.70. The van der Waals surface area contributed by atoms with Crippen LogP contribution in [-0.2, 0) is 11.2 Å². The number of aromatic nitrogens is 3. The first-order chi connectivity index (χ1) is 11.7. The normalized spacial score (nSPS) is 17.1. The SMILES string of the molecule is COc1ccc(CCC(=O)N2CC[C@H](n3ccnn3)C2)c(OC)c1. The number of likely N-dealkylation sites (tertiary alicyclic amines) is 1. The highest BCUT2D eigenvalue weighted by molar-refractivity contribution is 5.77. The van der Waals surface area contributed by atoms with Crippen LogP contribution in [0.1, 0.15) is 24.4 Å². The van der Waals surface area contributed by atoms with Crippen LogP contribution in [0, 0.1) is 0 Å². The predicted molar refractivity (Wildman–Crippen MR) is 88.1 cm³/mol. The van der Waals surface area contributed by atoms with Crippen LogP contribution in [0.3, 0.4) is 0 Å². The summed E-state index contributed by atoms with van der Waals surface area (Å²) in [5, 5.41) is 7.86. The monoisotopic (exact) mass is 330 g/mol. The average Bonchev–Trinajstić information content (AvgIpc) is 3.30. The van der Waals surface area contributed by atoms with Crippen molar-refractivity contribution in [1.82, 2.24) is 19.9 Å². The number of amides is 1. The third kappa shape index (κ3) is 3.50. The van der Waals surface area contributed by atoms with E-state index in [0.717, 1.165) is 30.0 Å². The molecule has 2 heterocycles. The Kier molecular flexibility index (Phi) is 4.98. The number of aryl methyl sites for hydroxylation is 1. The van der Waals surface area contributed by atoms with Gasteiger partial charge in [0.2, 0.25) is 5.91 Å². The van der Waals surface area contributed by atoms with E-state index in [0.29, 0.717) is 19.4 Å². The van der Waals surface area contributed by atoms with Crippen LogP contribution in [0.2, 0.25) is 0 Å². The molecule has 1 aromatic heterocycles. The Hall–Kier alpha value is -2.57. The van der Waals surface area contributed by atoms with E-state index in [9.17, 15) is 4.79 Å². The quantitative estimate of drug-likeness (QED) is 0.806. The molecule has 1 aliphatic rings. The van der Waals surface area contributed by atoms with Crippen molar-refractivity contribution in [3.63, 3.8) is 0 Å². The van der Waals surface area contributed by atoms with Crippen LogP contribution >= 0.6 is 0 Å². The second-order valence-corrected chi connectivity index (χ2v) is 5.84. The smallest absolute Gasteiger partial charge is 0.222 e. The Labute approximate surface area is 141 Å². The Bertz CT molecular complexity index is 687. The van der Waals surface area contributed by atoms with E-state index in [1.54, 1.807) is 20.4 Å². The van der Waals surface area contributed by atoms with Crippen LogP contribution in [0.5, 0.6) is 11.5 Å². The van der Waals surface area contributed by atoms with Gasteiger partial charge in [-0.05, 0) is 24.5 Å². The molecule has 1 aliphatic heterocycles. The number of rotatable bonds is 6. The van der Waals surface area contributed by atoms with Crippen LogP contribution in [0.15, 0.2) is 30.6 Å². The molecule has 0 saturated carbocycles. The molecule has 3 rings (SSSR count). The molecule has 0 bridgehead atoms. The maximum Gasteiger partial charge on any atom is 0.222 e. The van der Waals surface area contributed by atoms with Crippen molar-refractivity contribution in [2.75, 3.05) is 27.3 Å². The average molecular weight is 330 g/mol. The molecular formula is C17H22N4O3. The van der Waals surface area contributed by atoms with E-state index in [1.807, 2.05) is 34.0 Å². The fourth-order valence-corrected chi connectivity index (χ4v) is 3.05. The van der Waals surface area contributed by atoms with E-state index < -0.39 is 0 Å². The maximum absolute atomic E-state index is 12.5. The number of ether oxygens (including phenoxy) is 2. The van der Waals surface area contributed by atoms with E-state index in [-0.39, 0.29) is 11.9 Å². The molecule has 1 atom stereocenters. The zero-order valence-electron chi connectivity index (χ0n) is 14.0. The van der Waals surface area contributed by atoms with Gasteiger partial charge in [-0.3, -0.25) is 4.79 Å². The number of methoxy groups -OCH3 is 2. The van der Waals surface area contributed by atoms with Gasteiger partial charge in [-0.25, -0.2) is 4.68 Å². The number of nitrogens with zero attached hydrogens (tertiary/aromatic N) is 4. The summed E-state index contributed by atoms with van der Waals surface area (Å²) < 4.78 is 12.4. The summed E-state index contributed by atoms with van der Waals surface area (Å²) in [5.41, 5.74) is 1.01. The van der Waals surface area contributed by atoms with Crippen molar-refractivity contribution in [2.45, 2.75) is 25.3 Å². The van der Waals surface area contributed by atoms with Crippen molar-refractivity contribution in [3.05, 3.63) is 36.2 Å². The standard InChI is InChI=1S/C17H22N4O3/c1-23-15-5-3-13(16(11-15)24-2)4-6-17(22)20-9-7-14(12-20)21-10-8-18-19-21/h3,5,8,10-11,14H,4,6-7,9,12H2,1-2H3/t14-/m0/s1. The number of carbonyl (C=O) groups excluding carboxylic acids is 1. The topological polar surface area (TPSA) is 69.5 Å². The number of carbonyl (C=O) groups is 1. The zero-order valence-corrected chi connectivity index (χ0v) is 14.0. The summed E-state index contributed by atoms with van der Waals surface area (Å²) in [7, 11) is 3.25. The van der Waals surface area contributed by atoms with Crippen LogP contribution in [0.4, 0.5) is 0 Å². The van der Waals surface area contributed by atoms with Crippen molar-refractivity contribution < 1.29 is 14.3 Å². The largest absolute Gasteiger partial charge is 0.497 e. The number of hydrogen-bond acceptors (Lipinski definition) is 5. The lowest BCUT2D eigenvalue weighted by Gasteiger charge is -2.17. The molecule has 0 unspecified atom stereocenters. The van der Waals surface area contributed by atoms with E-state index in [4.69, 9.17) is 9.47 Å². The molecule has 2 aromatic rings. The van der Waals surface area contributed by atoms with Gasteiger partial charge in [-0.2, -0.15) is 0 Å². The molecule has 0 spiro atoms. The molecule has 1 saturated heterocycles. The van der Waals surface area contributed by atoms with Gasteiger partial charge < -0.3 is 14.4 Å². The third-order valence-corrected chi connectivity index (χ3v) is 4.43. The highest BCUT2D eigenvalue weighted by Crippen LogP contribution is 2.26. The molecule has 7 nitrogen and oxygen atoms in total. The highest BCUT2D eigenvalue weighted by Gasteiger charge is 2.27. The molecule has 128 valence electrons. The van der Waals surface area contributed by atoms with Gasteiger partial charge in [0.25, 0.3) is 0 Å². The number of benzene rings is 1. The van der Waals surface area contributed by atoms with Crippen LogP contribution < -0.4 is 9.47 Å². The summed E-state index contributed by atoms with van der Waals surface area (Å²) in [4.78, 5) is 14.4. The summed E-state index contributed by atoms with van der Waals surface area (Å²) in [6.45, 7) is 1.46. The van der Waals surface area contributed by atoms with Gasteiger partial charge in [0.1, 0.15) is 11.5 Å². The second kappa shape index (κ2) is 7.33. The lowest BCUT2D eigenvalue weighted by atomic mass is 10.1. The van der Waals surface area contributed by atoms with Gasteiger partial charge in [0, 0.05) is 31.8 Å².